The van der Waals surface area contributed by atoms with Crippen LogP contribution >= 0.6 is 0 Å². The van der Waals surface area contributed by atoms with Gasteiger partial charge in [0, 0.05) is 37.8 Å². The lowest BCUT2D eigenvalue weighted by Crippen LogP contribution is -2.45. The number of rotatable bonds is 7. The molecule has 3 aliphatic heterocycles. The number of amides is 2. The average Bonchev–Trinajstić information content (AvgIpc) is 3.23. The van der Waals surface area contributed by atoms with Crippen LogP contribution in [0.25, 0.3) is 0 Å². The number of likely N-dealkylation sites (N-methyl/N-ethyl adjacent to an activating group) is 1. The van der Waals surface area contributed by atoms with Gasteiger partial charge in [0.05, 0.1) is 4.90 Å². The highest BCUT2D eigenvalue weighted by molar-refractivity contribution is 7.89. The van der Waals surface area contributed by atoms with Crippen molar-refractivity contribution in [1.82, 2.24) is 14.5 Å². The highest BCUT2D eigenvalue weighted by Gasteiger charge is 2.31. The van der Waals surface area contributed by atoms with Crippen LogP contribution in [0.5, 0.6) is 0 Å². The molecule has 0 aromatic heterocycles. The van der Waals surface area contributed by atoms with Gasteiger partial charge in [0.25, 0.3) is 0 Å². The number of hydrogen-bond donors (Lipinski definition) is 1. The van der Waals surface area contributed by atoms with E-state index in [4.69, 9.17) is 0 Å². The first-order chi connectivity index (χ1) is 16.3. The molecular weight excluding hydrogens is 452 g/mol. The first kappa shape index (κ1) is 25.1. The zero-order chi connectivity index (χ0) is 24.3. The smallest absolute Gasteiger partial charge is 0.243 e. The fourth-order valence-corrected chi connectivity index (χ4v) is 6.93. The lowest BCUT2D eigenvalue weighted by Gasteiger charge is -2.30. The lowest BCUT2D eigenvalue weighted by molar-refractivity contribution is -0.124. The molecule has 1 aromatic rings. The minimum absolute atomic E-state index is 0.0409. The van der Waals surface area contributed by atoms with Gasteiger partial charge in [0.2, 0.25) is 21.8 Å². The third kappa shape index (κ3) is 5.47. The molecule has 34 heavy (non-hydrogen) atoms. The van der Waals surface area contributed by atoms with Gasteiger partial charge in [0.1, 0.15) is 6.54 Å². The number of carbonyl (C=O) groups excluding carboxylic acids is 2. The summed E-state index contributed by atoms with van der Waals surface area (Å²) in [5, 5.41) is 3.01. The Hall–Kier alpha value is -1.97. The summed E-state index contributed by atoms with van der Waals surface area (Å²) in [6, 6.07) is 5.37. The summed E-state index contributed by atoms with van der Waals surface area (Å²) in [4.78, 5) is 29.8. The molecule has 3 heterocycles. The summed E-state index contributed by atoms with van der Waals surface area (Å²) in [7, 11) is -3.56. The summed E-state index contributed by atoms with van der Waals surface area (Å²) >= 11 is 0. The van der Waals surface area contributed by atoms with Gasteiger partial charge in [-0.15, -0.1) is 0 Å². The van der Waals surface area contributed by atoms with Gasteiger partial charge in [-0.05, 0) is 81.3 Å². The van der Waals surface area contributed by atoms with E-state index in [1.54, 1.807) is 22.5 Å². The number of carbonyl (C=O) groups is 2. The largest absolute Gasteiger partial charge is 0.353 e. The summed E-state index contributed by atoms with van der Waals surface area (Å²) < 4.78 is 28.0. The molecule has 4 rings (SSSR count). The zero-order valence-electron chi connectivity index (χ0n) is 20.5. The van der Waals surface area contributed by atoms with Crippen molar-refractivity contribution in [2.24, 2.45) is 5.92 Å². The third-order valence-electron chi connectivity index (χ3n) is 7.60. The van der Waals surface area contributed by atoms with Crippen molar-refractivity contribution in [3.63, 3.8) is 0 Å². The van der Waals surface area contributed by atoms with Crippen LogP contribution in [0, 0.1) is 5.92 Å². The Morgan fingerprint density at radius 1 is 1.09 bits per heavy atom. The maximum absolute atomic E-state index is 13.2. The molecule has 0 spiro atoms. The van der Waals surface area contributed by atoms with Crippen molar-refractivity contribution in [2.45, 2.75) is 69.7 Å². The van der Waals surface area contributed by atoms with Crippen molar-refractivity contribution in [3.8, 4) is 0 Å². The molecule has 0 radical (unpaired) electrons. The summed E-state index contributed by atoms with van der Waals surface area (Å²) in [5.74, 6) is 0.275. The second-order valence-corrected chi connectivity index (χ2v) is 11.9. The molecule has 0 aliphatic carbocycles. The van der Waals surface area contributed by atoms with Gasteiger partial charge < -0.3 is 10.2 Å². The van der Waals surface area contributed by atoms with E-state index < -0.39 is 10.0 Å². The zero-order valence-corrected chi connectivity index (χ0v) is 21.3. The highest BCUT2D eigenvalue weighted by Crippen LogP contribution is 2.31. The fourth-order valence-electron chi connectivity index (χ4n) is 5.41. The van der Waals surface area contributed by atoms with E-state index in [1.807, 2.05) is 0 Å². The number of piperidine rings is 1. The average molecular weight is 491 g/mol. The third-order valence-corrected chi connectivity index (χ3v) is 9.50. The number of hydrogen-bond acceptors (Lipinski definition) is 5. The predicted octanol–water partition coefficient (Wildman–Crippen LogP) is 2.38. The van der Waals surface area contributed by atoms with Gasteiger partial charge in [0.15, 0.2) is 0 Å². The van der Waals surface area contributed by atoms with E-state index in [9.17, 15) is 18.0 Å². The molecule has 0 bridgehead atoms. The second-order valence-electron chi connectivity index (χ2n) is 9.94. The minimum Gasteiger partial charge on any atom is -0.353 e. The number of sulfonamides is 1. The Bertz CT molecular complexity index is 1000. The van der Waals surface area contributed by atoms with Crippen LogP contribution in [-0.2, 0) is 26.0 Å². The number of aryl methyl sites for hydroxylation is 1. The number of nitrogens with one attached hydrogen (secondary N) is 1. The molecule has 0 saturated carbocycles. The fraction of sp³-hybridized carbons (Fsp3) is 0.680. The van der Waals surface area contributed by atoms with Crippen LogP contribution in [0.4, 0.5) is 5.69 Å². The van der Waals surface area contributed by atoms with Crippen molar-refractivity contribution in [2.75, 3.05) is 44.2 Å². The molecule has 188 valence electrons. The molecular formula is C25H38N4O4S. The second kappa shape index (κ2) is 10.7. The highest BCUT2D eigenvalue weighted by atomic mass is 32.2. The number of likely N-dealkylation sites (tertiary alicyclic amines) is 1. The van der Waals surface area contributed by atoms with Crippen molar-refractivity contribution in [3.05, 3.63) is 23.8 Å². The van der Waals surface area contributed by atoms with Crippen LogP contribution in [0.1, 0.15) is 57.9 Å². The van der Waals surface area contributed by atoms with Crippen LogP contribution in [0.15, 0.2) is 23.1 Å². The summed E-state index contributed by atoms with van der Waals surface area (Å²) in [6.07, 6.45) is 5.58. The molecule has 1 atom stereocenters. The molecule has 1 N–H and O–H groups in total. The molecule has 2 amide bonds. The molecule has 0 unspecified atom stereocenters. The molecule has 8 nitrogen and oxygen atoms in total. The van der Waals surface area contributed by atoms with Crippen LogP contribution in [0.3, 0.4) is 0 Å². The first-order valence-corrected chi connectivity index (χ1v) is 14.2. The van der Waals surface area contributed by atoms with Gasteiger partial charge in [-0.2, -0.15) is 4.31 Å². The Morgan fingerprint density at radius 3 is 2.59 bits per heavy atom. The quantitative estimate of drug-likeness (QED) is 0.634. The van der Waals surface area contributed by atoms with Gasteiger partial charge in [-0.1, -0.05) is 13.8 Å². The molecule has 2 saturated heterocycles. The predicted molar refractivity (Wildman–Crippen MR) is 132 cm³/mol. The normalized spacial score (nSPS) is 23.1. The Balaban J connectivity index is 1.48. The van der Waals surface area contributed by atoms with Crippen molar-refractivity contribution in [1.29, 1.82) is 0 Å². The van der Waals surface area contributed by atoms with Crippen LogP contribution < -0.4 is 10.2 Å². The van der Waals surface area contributed by atoms with E-state index in [0.29, 0.717) is 56.5 Å². The molecule has 9 heteroatoms. The topological polar surface area (TPSA) is 90.0 Å². The van der Waals surface area contributed by atoms with E-state index >= 15 is 0 Å². The minimum atomic E-state index is -3.56. The van der Waals surface area contributed by atoms with Crippen LogP contribution in [0.2, 0.25) is 0 Å². The number of anilines is 1. The SMILES string of the molecule is CCN1CCC[C@@H]1CNC(=O)CN1C(=O)CCCc2cc(S(=O)(=O)N3CCC(C)CC3)ccc21. The number of fused-ring (bicyclic) bond motifs is 1. The van der Waals surface area contributed by atoms with Crippen molar-refractivity contribution >= 4 is 27.5 Å². The molecule has 2 fully saturated rings. The Kier molecular flexibility index (Phi) is 7.94. The molecule has 3 aliphatic rings. The van der Waals surface area contributed by atoms with Gasteiger partial charge >= 0.3 is 0 Å². The number of nitrogens with zero attached hydrogens (tertiary/aromatic N) is 3. The standard InChI is InChI=1S/C25H38N4O4S/c1-3-27-13-5-7-21(27)17-26-24(30)18-29-23-10-9-22(16-20(23)6-4-8-25(29)31)34(32,33)28-14-11-19(2)12-15-28/h9-10,16,19,21H,3-8,11-15,17-18H2,1-2H3,(H,26,30)/t21-/m1/s1. The maximum Gasteiger partial charge on any atom is 0.243 e. The first-order valence-electron chi connectivity index (χ1n) is 12.7. The van der Waals surface area contributed by atoms with Gasteiger partial charge in [-0.3, -0.25) is 14.5 Å². The van der Waals surface area contributed by atoms with E-state index in [2.05, 4.69) is 24.1 Å². The summed E-state index contributed by atoms with van der Waals surface area (Å²) in [5.41, 5.74) is 1.47. The van der Waals surface area contributed by atoms with Crippen LogP contribution in [-0.4, -0.2) is 74.7 Å². The molecule has 1 aromatic carbocycles. The lowest BCUT2D eigenvalue weighted by atomic mass is 10.0. The Morgan fingerprint density at radius 2 is 1.85 bits per heavy atom. The summed E-state index contributed by atoms with van der Waals surface area (Å²) in [6.45, 7) is 7.96. The Labute approximate surface area is 203 Å². The van der Waals surface area contributed by atoms with E-state index in [0.717, 1.165) is 44.3 Å². The van der Waals surface area contributed by atoms with E-state index in [1.165, 1.54) is 4.90 Å². The van der Waals surface area contributed by atoms with Gasteiger partial charge in [-0.25, -0.2) is 8.42 Å². The van der Waals surface area contributed by atoms with E-state index in [-0.39, 0.29) is 23.3 Å². The number of benzene rings is 1. The van der Waals surface area contributed by atoms with Crippen molar-refractivity contribution < 1.29 is 18.0 Å². The maximum atomic E-state index is 13.2. The monoisotopic (exact) mass is 490 g/mol.